The number of fused-ring (bicyclic) bond motifs is 1. The lowest BCUT2D eigenvalue weighted by atomic mass is 9.88. The average Bonchev–Trinajstić information content (AvgIpc) is 2.12. The van der Waals surface area contributed by atoms with Crippen LogP contribution in [-0.2, 0) is 9.59 Å². The second kappa shape index (κ2) is 2.55. The first-order valence-corrected chi connectivity index (χ1v) is 3.67. The minimum atomic E-state index is -0.824. The number of nitrogens with one attached hydrogen (secondary N) is 1. The van der Waals surface area contributed by atoms with Crippen LogP contribution in [0.5, 0.6) is 0 Å². The van der Waals surface area contributed by atoms with Gasteiger partial charge in [-0.3, -0.25) is 15.0 Å². The van der Waals surface area contributed by atoms with Gasteiger partial charge in [-0.1, -0.05) is 12.2 Å². The summed E-state index contributed by atoms with van der Waals surface area (Å²) in [6, 6.07) is 0. The van der Waals surface area contributed by atoms with Gasteiger partial charge < -0.3 is 0 Å². The van der Waals surface area contributed by atoms with E-state index < -0.39 is 11.8 Å². The Bertz CT molecular complexity index is 404. The SMILES string of the molecule is N=C1N=NC(=O)C2=CC=CC(=O)C12. The molecule has 1 N–H and O–H groups in total. The first-order chi connectivity index (χ1) is 6.20. The molecule has 0 fully saturated rings. The molecule has 1 amide bonds. The van der Waals surface area contributed by atoms with Crippen molar-refractivity contribution in [2.45, 2.75) is 0 Å². The van der Waals surface area contributed by atoms with Crippen molar-refractivity contribution in [3.05, 3.63) is 23.8 Å². The van der Waals surface area contributed by atoms with Crippen molar-refractivity contribution < 1.29 is 9.59 Å². The standard InChI is InChI=1S/C8H5N3O2/c9-7-6-4(8(13)11-10-7)2-1-3-5(6)12/h1-3,6,9H. The van der Waals surface area contributed by atoms with E-state index >= 15 is 0 Å². The third kappa shape index (κ3) is 1.05. The van der Waals surface area contributed by atoms with Gasteiger partial charge in [-0.05, 0) is 6.08 Å². The normalized spacial score (nSPS) is 26.0. The summed E-state index contributed by atoms with van der Waals surface area (Å²) in [6.07, 6.45) is 4.32. The van der Waals surface area contributed by atoms with Gasteiger partial charge in [-0.15, -0.1) is 10.2 Å². The molecule has 1 heterocycles. The van der Waals surface area contributed by atoms with Crippen LogP contribution in [0, 0.1) is 11.3 Å². The third-order valence-corrected chi connectivity index (χ3v) is 1.90. The molecule has 13 heavy (non-hydrogen) atoms. The Labute approximate surface area is 73.4 Å². The minimum absolute atomic E-state index is 0.166. The fourth-order valence-corrected chi connectivity index (χ4v) is 1.28. The maximum atomic E-state index is 11.3. The highest BCUT2D eigenvalue weighted by atomic mass is 16.2. The van der Waals surface area contributed by atoms with Crippen LogP contribution in [0.4, 0.5) is 0 Å². The molecule has 0 saturated carbocycles. The zero-order chi connectivity index (χ0) is 9.42. The van der Waals surface area contributed by atoms with E-state index in [0.29, 0.717) is 0 Å². The first-order valence-electron chi connectivity index (χ1n) is 3.67. The first kappa shape index (κ1) is 7.72. The second-order valence-electron chi connectivity index (χ2n) is 2.71. The summed E-state index contributed by atoms with van der Waals surface area (Å²) in [5.41, 5.74) is 0.243. The molecule has 0 bridgehead atoms. The Morgan fingerprint density at radius 2 is 2.08 bits per heavy atom. The summed E-state index contributed by atoms with van der Waals surface area (Å²) < 4.78 is 0. The van der Waals surface area contributed by atoms with Gasteiger partial charge in [0.15, 0.2) is 11.6 Å². The minimum Gasteiger partial charge on any atom is -0.294 e. The lowest BCUT2D eigenvalue weighted by molar-refractivity contribution is -0.120. The van der Waals surface area contributed by atoms with Crippen molar-refractivity contribution in [1.29, 1.82) is 5.41 Å². The fraction of sp³-hybridized carbons (Fsp3) is 0.125. The highest BCUT2D eigenvalue weighted by Gasteiger charge is 2.34. The van der Waals surface area contributed by atoms with Crippen molar-refractivity contribution in [2.24, 2.45) is 16.1 Å². The number of amidine groups is 1. The number of amides is 1. The zero-order valence-corrected chi connectivity index (χ0v) is 6.52. The van der Waals surface area contributed by atoms with Crippen LogP contribution in [0.25, 0.3) is 0 Å². The number of nitrogens with zero attached hydrogens (tertiary/aromatic N) is 2. The predicted octanol–water partition coefficient (Wildman–Crippen LogP) is 0.638. The summed E-state index contributed by atoms with van der Waals surface area (Å²) in [7, 11) is 0. The van der Waals surface area contributed by atoms with E-state index in [1.807, 2.05) is 0 Å². The number of allylic oxidation sites excluding steroid dienone is 3. The highest BCUT2D eigenvalue weighted by Crippen LogP contribution is 2.24. The largest absolute Gasteiger partial charge is 0.294 e. The van der Waals surface area contributed by atoms with Crippen LogP contribution in [0.3, 0.4) is 0 Å². The molecule has 1 aliphatic heterocycles. The highest BCUT2D eigenvalue weighted by molar-refractivity contribution is 6.19. The number of hydrogen-bond donors (Lipinski definition) is 1. The molecular formula is C8H5N3O2. The monoisotopic (exact) mass is 175 g/mol. The van der Waals surface area contributed by atoms with Gasteiger partial charge in [0, 0.05) is 5.57 Å². The molecule has 1 aliphatic carbocycles. The zero-order valence-electron chi connectivity index (χ0n) is 6.52. The predicted molar refractivity (Wildman–Crippen MR) is 43.3 cm³/mol. The summed E-state index contributed by atoms with van der Waals surface area (Å²) in [6.45, 7) is 0. The van der Waals surface area contributed by atoms with Crippen LogP contribution < -0.4 is 0 Å². The molecule has 5 nitrogen and oxygen atoms in total. The maximum absolute atomic E-state index is 11.3. The molecule has 0 aromatic rings. The number of carbonyl (C=O) groups excluding carboxylic acids is 2. The van der Waals surface area contributed by atoms with Crippen LogP contribution in [0.2, 0.25) is 0 Å². The Balaban J connectivity index is 2.55. The molecular weight excluding hydrogens is 170 g/mol. The van der Waals surface area contributed by atoms with Gasteiger partial charge >= 0.3 is 0 Å². The maximum Gasteiger partial charge on any atom is 0.292 e. The summed E-state index contributed by atoms with van der Waals surface area (Å²) >= 11 is 0. The number of carbonyl (C=O) groups is 2. The molecule has 0 radical (unpaired) electrons. The van der Waals surface area contributed by atoms with Crippen molar-refractivity contribution >= 4 is 17.5 Å². The smallest absolute Gasteiger partial charge is 0.292 e. The number of rotatable bonds is 0. The van der Waals surface area contributed by atoms with E-state index in [-0.39, 0.29) is 17.2 Å². The number of azo groups is 1. The second-order valence-corrected chi connectivity index (χ2v) is 2.71. The van der Waals surface area contributed by atoms with Crippen molar-refractivity contribution in [2.75, 3.05) is 0 Å². The third-order valence-electron chi connectivity index (χ3n) is 1.90. The van der Waals surface area contributed by atoms with E-state index in [2.05, 4.69) is 10.2 Å². The number of ketones is 1. The number of hydrogen-bond acceptors (Lipinski definition) is 3. The van der Waals surface area contributed by atoms with Gasteiger partial charge in [-0.25, -0.2) is 0 Å². The Hall–Kier alpha value is -1.91. The van der Waals surface area contributed by atoms with Crippen LogP contribution in [0.1, 0.15) is 0 Å². The molecule has 1 atom stereocenters. The van der Waals surface area contributed by atoms with E-state index in [1.165, 1.54) is 18.2 Å². The summed E-state index contributed by atoms with van der Waals surface area (Å²) in [5.74, 6) is -1.80. The molecule has 0 saturated heterocycles. The lowest BCUT2D eigenvalue weighted by Gasteiger charge is -2.18. The quantitative estimate of drug-likeness (QED) is 0.585. The van der Waals surface area contributed by atoms with Crippen LogP contribution >= 0.6 is 0 Å². The van der Waals surface area contributed by atoms with Crippen LogP contribution in [0.15, 0.2) is 34.0 Å². The fourth-order valence-electron chi connectivity index (χ4n) is 1.28. The molecule has 0 spiro atoms. The Kier molecular flexibility index (Phi) is 1.51. The summed E-state index contributed by atoms with van der Waals surface area (Å²) in [5, 5.41) is 13.9. The molecule has 2 aliphatic rings. The summed E-state index contributed by atoms with van der Waals surface area (Å²) in [4.78, 5) is 22.4. The van der Waals surface area contributed by atoms with Gasteiger partial charge in [0.05, 0.1) is 0 Å². The molecule has 2 rings (SSSR count). The topological polar surface area (TPSA) is 82.7 Å². The van der Waals surface area contributed by atoms with Gasteiger partial charge in [0.1, 0.15) is 5.92 Å². The lowest BCUT2D eigenvalue weighted by Crippen LogP contribution is -2.30. The van der Waals surface area contributed by atoms with E-state index in [1.54, 1.807) is 0 Å². The van der Waals surface area contributed by atoms with Gasteiger partial charge in [0.2, 0.25) is 0 Å². The van der Waals surface area contributed by atoms with Crippen LogP contribution in [-0.4, -0.2) is 17.5 Å². The van der Waals surface area contributed by atoms with Crippen molar-refractivity contribution in [3.8, 4) is 0 Å². The molecule has 0 aromatic carbocycles. The molecule has 5 heteroatoms. The van der Waals surface area contributed by atoms with E-state index in [0.717, 1.165) is 0 Å². The van der Waals surface area contributed by atoms with Crippen molar-refractivity contribution in [3.63, 3.8) is 0 Å². The average molecular weight is 175 g/mol. The molecule has 1 unspecified atom stereocenters. The Morgan fingerprint density at radius 3 is 2.77 bits per heavy atom. The van der Waals surface area contributed by atoms with Gasteiger partial charge in [-0.2, -0.15) is 0 Å². The van der Waals surface area contributed by atoms with E-state index in [4.69, 9.17) is 5.41 Å². The molecule has 64 valence electrons. The Morgan fingerprint density at radius 1 is 1.31 bits per heavy atom. The van der Waals surface area contributed by atoms with Crippen molar-refractivity contribution in [1.82, 2.24) is 0 Å². The molecule has 0 aromatic heterocycles. The van der Waals surface area contributed by atoms with E-state index in [9.17, 15) is 9.59 Å². The van der Waals surface area contributed by atoms with Gasteiger partial charge in [0.25, 0.3) is 5.91 Å².